The number of carbonyl (C=O) groups is 3. The number of hydrogen-bond acceptors (Lipinski definition) is 5. The summed E-state index contributed by atoms with van der Waals surface area (Å²) < 4.78 is 4.79. The minimum absolute atomic E-state index is 0.345. The summed E-state index contributed by atoms with van der Waals surface area (Å²) in [5.41, 5.74) is 1.81. The number of carbonyl (C=O) groups excluding carboxylic acids is 3. The highest BCUT2D eigenvalue weighted by Crippen LogP contribution is 2.08. The molecule has 0 bridgehead atoms. The first kappa shape index (κ1) is 19.4. The Balaban J connectivity index is 1.67. The average Bonchev–Trinajstić information content (AvgIpc) is 2.70. The van der Waals surface area contributed by atoms with Crippen LogP contribution < -0.4 is 10.6 Å². The van der Waals surface area contributed by atoms with E-state index >= 15 is 0 Å². The van der Waals surface area contributed by atoms with Gasteiger partial charge >= 0.3 is 5.97 Å². The monoisotopic (exact) mass is 363 g/mol. The third-order valence-corrected chi connectivity index (χ3v) is 3.30. The number of ether oxygens (including phenoxy) is 1. The maximum atomic E-state index is 11.7. The van der Waals surface area contributed by atoms with Crippen LogP contribution in [0.1, 0.15) is 11.1 Å². The van der Waals surface area contributed by atoms with E-state index in [0.717, 1.165) is 5.56 Å². The van der Waals surface area contributed by atoms with Crippen LogP contribution in [0, 0.1) is 11.3 Å². The lowest BCUT2D eigenvalue weighted by Gasteiger charge is -2.07. The van der Waals surface area contributed by atoms with Crippen molar-refractivity contribution in [3.8, 4) is 6.07 Å². The van der Waals surface area contributed by atoms with Gasteiger partial charge in [0, 0.05) is 11.8 Å². The molecule has 0 saturated carbocycles. The molecule has 0 heterocycles. The predicted octanol–water partition coefficient (Wildman–Crippen LogP) is 1.87. The highest BCUT2D eigenvalue weighted by Gasteiger charge is 2.09. The largest absolute Gasteiger partial charge is 0.454 e. The highest BCUT2D eigenvalue weighted by molar-refractivity contribution is 5.95. The summed E-state index contributed by atoms with van der Waals surface area (Å²) in [6.45, 7) is -0.823. The number of nitrogens with one attached hydrogen (secondary N) is 2. The van der Waals surface area contributed by atoms with Crippen LogP contribution in [0.4, 0.5) is 5.69 Å². The molecule has 0 radical (unpaired) electrons. The maximum Gasteiger partial charge on any atom is 0.325 e. The Labute approximate surface area is 156 Å². The number of anilines is 1. The summed E-state index contributed by atoms with van der Waals surface area (Å²) in [6.07, 6.45) is 2.92. The average molecular weight is 363 g/mol. The number of esters is 1. The van der Waals surface area contributed by atoms with E-state index in [-0.39, 0.29) is 6.54 Å². The van der Waals surface area contributed by atoms with Gasteiger partial charge in [-0.3, -0.25) is 14.4 Å². The second kappa shape index (κ2) is 10.2. The van der Waals surface area contributed by atoms with Crippen molar-refractivity contribution in [1.29, 1.82) is 5.26 Å². The van der Waals surface area contributed by atoms with Crippen LogP contribution in [0.25, 0.3) is 6.08 Å². The molecule has 0 fully saturated rings. The molecule has 0 aromatic heterocycles. The van der Waals surface area contributed by atoms with Gasteiger partial charge in [-0.05, 0) is 35.9 Å². The zero-order chi connectivity index (χ0) is 19.5. The molecule has 0 aliphatic heterocycles. The zero-order valence-electron chi connectivity index (χ0n) is 14.3. The van der Waals surface area contributed by atoms with Crippen LogP contribution in [0.15, 0.2) is 60.7 Å². The van der Waals surface area contributed by atoms with Crippen LogP contribution in [-0.4, -0.2) is 30.9 Å². The Morgan fingerprint density at radius 2 is 1.74 bits per heavy atom. The number of nitrogens with zero attached hydrogens (tertiary/aromatic N) is 1. The first-order chi connectivity index (χ1) is 13.1. The Morgan fingerprint density at radius 1 is 1.04 bits per heavy atom. The normalized spacial score (nSPS) is 10.0. The fourth-order valence-corrected chi connectivity index (χ4v) is 1.98. The summed E-state index contributed by atoms with van der Waals surface area (Å²) in [5, 5.41) is 13.6. The van der Waals surface area contributed by atoms with Crippen LogP contribution in [0.3, 0.4) is 0 Å². The molecule has 7 heteroatoms. The minimum atomic E-state index is -0.730. The topological polar surface area (TPSA) is 108 Å². The van der Waals surface area contributed by atoms with Crippen LogP contribution >= 0.6 is 0 Å². The fourth-order valence-electron chi connectivity index (χ4n) is 1.98. The van der Waals surface area contributed by atoms with Gasteiger partial charge in [0.2, 0.25) is 5.91 Å². The van der Waals surface area contributed by atoms with Crippen molar-refractivity contribution in [2.45, 2.75) is 0 Å². The van der Waals surface area contributed by atoms with Crippen LogP contribution in [0.5, 0.6) is 0 Å². The van der Waals surface area contributed by atoms with Gasteiger partial charge in [-0.25, -0.2) is 0 Å². The summed E-state index contributed by atoms with van der Waals surface area (Å²) in [6, 6.07) is 17.4. The van der Waals surface area contributed by atoms with Gasteiger partial charge < -0.3 is 15.4 Å². The van der Waals surface area contributed by atoms with Gasteiger partial charge in [-0.15, -0.1) is 0 Å². The van der Waals surface area contributed by atoms with E-state index in [1.807, 2.05) is 36.4 Å². The molecule has 0 unspecified atom stereocenters. The van der Waals surface area contributed by atoms with Crippen molar-refractivity contribution in [3.63, 3.8) is 0 Å². The van der Waals surface area contributed by atoms with E-state index < -0.39 is 24.4 Å². The van der Waals surface area contributed by atoms with E-state index in [1.54, 1.807) is 30.3 Å². The van der Waals surface area contributed by atoms with E-state index in [1.165, 1.54) is 6.08 Å². The molecule has 0 saturated heterocycles. The Morgan fingerprint density at radius 3 is 2.41 bits per heavy atom. The molecule has 27 heavy (non-hydrogen) atoms. The molecule has 2 aromatic rings. The quantitative estimate of drug-likeness (QED) is 0.577. The molecule has 0 spiro atoms. The summed E-state index contributed by atoms with van der Waals surface area (Å²) in [5.74, 6) is -1.70. The molecule has 2 N–H and O–H groups in total. The Hall–Kier alpha value is -3.92. The molecule has 2 aromatic carbocycles. The molecule has 136 valence electrons. The number of hydrogen-bond donors (Lipinski definition) is 2. The molecule has 0 atom stereocenters. The SMILES string of the molecule is N#Cc1ccc(NC(=O)COC(=O)CNC(=O)/C=C/c2ccccc2)cc1. The lowest BCUT2D eigenvalue weighted by atomic mass is 10.2. The third-order valence-electron chi connectivity index (χ3n) is 3.30. The smallest absolute Gasteiger partial charge is 0.325 e. The first-order valence-electron chi connectivity index (χ1n) is 8.03. The summed E-state index contributed by atoms with van der Waals surface area (Å²) in [4.78, 5) is 34.9. The van der Waals surface area contributed by atoms with Crippen molar-refractivity contribution >= 4 is 29.5 Å². The lowest BCUT2D eigenvalue weighted by molar-refractivity contribution is -0.146. The van der Waals surface area contributed by atoms with E-state index in [9.17, 15) is 14.4 Å². The zero-order valence-corrected chi connectivity index (χ0v) is 14.3. The molecule has 2 amide bonds. The first-order valence-corrected chi connectivity index (χ1v) is 8.03. The Bertz CT molecular complexity index is 868. The molecule has 7 nitrogen and oxygen atoms in total. The number of rotatable bonds is 7. The van der Waals surface area contributed by atoms with Crippen molar-refractivity contribution < 1.29 is 19.1 Å². The third kappa shape index (κ3) is 7.23. The van der Waals surface area contributed by atoms with Crippen molar-refractivity contribution in [2.24, 2.45) is 0 Å². The van der Waals surface area contributed by atoms with Gasteiger partial charge in [-0.2, -0.15) is 5.26 Å². The van der Waals surface area contributed by atoms with Crippen molar-refractivity contribution in [1.82, 2.24) is 5.32 Å². The van der Waals surface area contributed by atoms with Gasteiger partial charge in [-0.1, -0.05) is 30.3 Å². The predicted molar refractivity (Wildman–Crippen MR) is 99.2 cm³/mol. The van der Waals surface area contributed by atoms with Gasteiger partial charge in [0.15, 0.2) is 6.61 Å². The van der Waals surface area contributed by atoms with Crippen LogP contribution in [0.2, 0.25) is 0 Å². The van der Waals surface area contributed by atoms with Gasteiger partial charge in [0.05, 0.1) is 11.6 Å². The Kier molecular flexibility index (Phi) is 7.30. The number of benzene rings is 2. The summed E-state index contributed by atoms with van der Waals surface area (Å²) >= 11 is 0. The summed E-state index contributed by atoms with van der Waals surface area (Å²) in [7, 11) is 0. The molecular formula is C20H17N3O4. The van der Waals surface area contributed by atoms with Gasteiger partial charge in [0.25, 0.3) is 5.91 Å². The maximum absolute atomic E-state index is 11.7. The van der Waals surface area contributed by atoms with E-state index in [4.69, 9.17) is 10.00 Å². The van der Waals surface area contributed by atoms with Crippen LogP contribution in [-0.2, 0) is 19.1 Å². The minimum Gasteiger partial charge on any atom is -0.454 e. The molecular weight excluding hydrogens is 346 g/mol. The fraction of sp³-hybridized carbons (Fsp3) is 0.100. The van der Waals surface area contributed by atoms with E-state index in [0.29, 0.717) is 11.3 Å². The lowest BCUT2D eigenvalue weighted by Crippen LogP contribution is -2.31. The second-order valence-electron chi connectivity index (χ2n) is 5.36. The van der Waals surface area contributed by atoms with Gasteiger partial charge in [0.1, 0.15) is 6.54 Å². The van der Waals surface area contributed by atoms with E-state index in [2.05, 4.69) is 10.6 Å². The number of nitriles is 1. The van der Waals surface area contributed by atoms with Crippen molar-refractivity contribution in [2.75, 3.05) is 18.5 Å². The highest BCUT2D eigenvalue weighted by atomic mass is 16.5. The molecule has 0 aliphatic rings. The molecule has 2 rings (SSSR count). The standard InChI is InChI=1S/C20H17N3O4/c21-12-16-6-9-17(10-7-16)23-19(25)14-27-20(26)13-22-18(24)11-8-15-4-2-1-3-5-15/h1-11H,13-14H2,(H,22,24)(H,23,25)/b11-8+. The molecule has 0 aliphatic carbocycles. The number of amides is 2. The second-order valence-corrected chi connectivity index (χ2v) is 5.36. The van der Waals surface area contributed by atoms with Crippen molar-refractivity contribution in [3.05, 3.63) is 71.8 Å².